The molecule has 3 rings (SSSR count). The molecule has 2 N–H and O–H groups in total. The van der Waals surface area contributed by atoms with Crippen LogP contribution in [0.3, 0.4) is 0 Å². The second kappa shape index (κ2) is 9.00. The number of benzene rings is 1. The number of anilines is 1. The van der Waals surface area contributed by atoms with E-state index in [0.29, 0.717) is 23.9 Å². The average molecular weight is 384 g/mol. The fourth-order valence-electron chi connectivity index (χ4n) is 2.36. The molecule has 0 aliphatic carbocycles. The maximum absolute atomic E-state index is 12.0. The molecule has 2 amide bonds. The number of rotatable bonds is 7. The lowest BCUT2D eigenvalue weighted by Crippen LogP contribution is -2.32. The summed E-state index contributed by atoms with van der Waals surface area (Å²) in [6.45, 7) is 2.56. The topological polar surface area (TPSA) is 85.4 Å². The van der Waals surface area contributed by atoms with E-state index in [4.69, 9.17) is 9.47 Å². The van der Waals surface area contributed by atoms with Crippen LogP contribution >= 0.6 is 11.3 Å². The largest absolute Gasteiger partial charge is 0.495 e. The van der Waals surface area contributed by atoms with E-state index in [0.717, 1.165) is 16.1 Å². The number of urea groups is 1. The van der Waals surface area contributed by atoms with Crippen LogP contribution in [0.5, 0.6) is 11.6 Å². The van der Waals surface area contributed by atoms with E-state index >= 15 is 0 Å². The van der Waals surface area contributed by atoms with Gasteiger partial charge in [-0.3, -0.25) is 0 Å². The number of nitrogens with zero attached hydrogens (tertiary/aromatic N) is 2. The second-order valence-corrected chi connectivity index (χ2v) is 6.61. The van der Waals surface area contributed by atoms with Gasteiger partial charge in [-0.25, -0.2) is 4.79 Å². The van der Waals surface area contributed by atoms with E-state index in [1.807, 2.05) is 48.7 Å². The first-order chi connectivity index (χ1) is 13.2. The summed E-state index contributed by atoms with van der Waals surface area (Å²) in [5, 5.41) is 15.7. The average Bonchev–Trinajstić information content (AvgIpc) is 3.21. The van der Waals surface area contributed by atoms with Gasteiger partial charge in [-0.05, 0) is 42.1 Å². The molecule has 3 aromatic rings. The Kier molecular flexibility index (Phi) is 6.22. The molecule has 2 aromatic heterocycles. The molecule has 0 saturated heterocycles. The molecule has 0 spiro atoms. The summed E-state index contributed by atoms with van der Waals surface area (Å²) in [5.74, 6) is 1.02. The van der Waals surface area contributed by atoms with E-state index in [1.54, 1.807) is 24.5 Å². The van der Waals surface area contributed by atoms with Crippen molar-refractivity contribution >= 4 is 23.1 Å². The van der Waals surface area contributed by atoms with Gasteiger partial charge in [0.25, 0.3) is 0 Å². The Morgan fingerprint density at radius 3 is 2.78 bits per heavy atom. The Hall–Kier alpha value is -3.13. The molecule has 140 valence electrons. The molecule has 0 saturated carbocycles. The number of aryl methyl sites for hydroxylation is 1. The Morgan fingerprint density at radius 2 is 2.07 bits per heavy atom. The SMILES string of the molecule is COc1ccc(C)cc1NC(=O)NCCOc1ccc(-c2cccs2)nn1. The lowest BCUT2D eigenvalue weighted by molar-refractivity contribution is 0.246. The number of ether oxygens (including phenoxy) is 2. The highest BCUT2D eigenvalue weighted by molar-refractivity contribution is 7.13. The van der Waals surface area contributed by atoms with Crippen LogP contribution in [0.4, 0.5) is 10.5 Å². The molecule has 0 aliphatic heterocycles. The molecule has 27 heavy (non-hydrogen) atoms. The number of hydrogen-bond donors (Lipinski definition) is 2. The van der Waals surface area contributed by atoms with Crippen LogP contribution in [0.15, 0.2) is 47.8 Å². The Labute approximate surface area is 161 Å². The first-order valence-corrected chi connectivity index (χ1v) is 9.23. The molecule has 0 atom stereocenters. The number of carbonyl (C=O) groups excluding carboxylic acids is 1. The van der Waals surface area contributed by atoms with Gasteiger partial charge in [-0.15, -0.1) is 21.5 Å². The summed E-state index contributed by atoms with van der Waals surface area (Å²) >= 11 is 1.60. The number of carbonyl (C=O) groups is 1. The molecule has 0 aliphatic rings. The number of amides is 2. The highest BCUT2D eigenvalue weighted by atomic mass is 32.1. The molecular weight excluding hydrogens is 364 g/mol. The maximum Gasteiger partial charge on any atom is 0.319 e. The third kappa shape index (κ3) is 5.18. The summed E-state index contributed by atoms with van der Waals surface area (Å²) in [7, 11) is 1.56. The van der Waals surface area contributed by atoms with E-state index < -0.39 is 0 Å². The van der Waals surface area contributed by atoms with Gasteiger partial charge in [-0.1, -0.05) is 12.1 Å². The van der Waals surface area contributed by atoms with E-state index in [-0.39, 0.29) is 12.6 Å². The highest BCUT2D eigenvalue weighted by Gasteiger charge is 2.07. The Bertz CT molecular complexity index is 882. The van der Waals surface area contributed by atoms with Crippen LogP contribution in [0, 0.1) is 6.92 Å². The molecule has 2 heterocycles. The summed E-state index contributed by atoms with van der Waals surface area (Å²) in [6.07, 6.45) is 0. The molecule has 8 heteroatoms. The minimum atomic E-state index is -0.332. The van der Waals surface area contributed by atoms with Crippen molar-refractivity contribution in [3.8, 4) is 22.2 Å². The van der Waals surface area contributed by atoms with E-state index in [1.165, 1.54) is 0 Å². The number of nitrogens with one attached hydrogen (secondary N) is 2. The molecule has 7 nitrogen and oxygen atoms in total. The molecule has 0 unspecified atom stereocenters. The Morgan fingerprint density at radius 1 is 1.19 bits per heavy atom. The van der Waals surface area contributed by atoms with Crippen molar-refractivity contribution in [1.29, 1.82) is 0 Å². The van der Waals surface area contributed by atoms with Gasteiger partial charge in [0.2, 0.25) is 5.88 Å². The summed E-state index contributed by atoms with van der Waals surface area (Å²) < 4.78 is 10.7. The van der Waals surface area contributed by atoms with Crippen LogP contribution in [0.2, 0.25) is 0 Å². The van der Waals surface area contributed by atoms with Gasteiger partial charge >= 0.3 is 6.03 Å². The van der Waals surface area contributed by atoms with Gasteiger partial charge in [-0.2, -0.15) is 0 Å². The molecule has 0 radical (unpaired) electrons. The minimum absolute atomic E-state index is 0.283. The van der Waals surface area contributed by atoms with Crippen LogP contribution in [0.1, 0.15) is 5.56 Å². The summed E-state index contributed by atoms with van der Waals surface area (Å²) in [4.78, 5) is 13.1. The van der Waals surface area contributed by atoms with Gasteiger partial charge in [0, 0.05) is 6.07 Å². The van der Waals surface area contributed by atoms with Crippen molar-refractivity contribution in [3.63, 3.8) is 0 Å². The van der Waals surface area contributed by atoms with Crippen LogP contribution < -0.4 is 20.1 Å². The van der Waals surface area contributed by atoms with Gasteiger partial charge < -0.3 is 20.1 Å². The normalized spacial score (nSPS) is 10.3. The van der Waals surface area contributed by atoms with Crippen molar-refractivity contribution in [3.05, 3.63) is 53.4 Å². The smallest absolute Gasteiger partial charge is 0.319 e. The van der Waals surface area contributed by atoms with E-state index in [2.05, 4.69) is 20.8 Å². The zero-order valence-electron chi connectivity index (χ0n) is 15.1. The monoisotopic (exact) mass is 384 g/mol. The van der Waals surface area contributed by atoms with Crippen LogP contribution in [-0.2, 0) is 0 Å². The number of aromatic nitrogens is 2. The zero-order chi connectivity index (χ0) is 19.1. The van der Waals surface area contributed by atoms with E-state index in [9.17, 15) is 4.79 Å². The van der Waals surface area contributed by atoms with Gasteiger partial charge in [0.05, 0.1) is 24.2 Å². The number of hydrogen-bond acceptors (Lipinski definition) is 6. The van der Waals surface area contributed by atoms with Crippen LogP contribution in [-0.4, -0.2) is 36.5 Å². The minimum Gasteiger partial charge on any atom is -0.495 e. The lowest BCUT2D eigenvalue weighted by atomic mass is 10.2. The predicted molar refractivity (Wildman–Crippen MR) is 106 cm³/mol. The predicted octanol–water partition coefficient (Wildman–Crippen LogP) is 3.72. The third-order valence-electron chi connectivity index (χ3n) is 3.65. The lowest BCUT2D eigenvalue weighted by Gasteiger charge is -2.12. The van der Waals surface area contributed by atoms with Crippen molar-refractivity contribution in [2.75, 3.05) is 25.6 Å². The van der Waals surface area contributed by atoms with Crippen molar-refractivity contribution in [2.24, 2.45) is 0 Å². The standard InChI is InChI=1S/C19H20N4O3S/c1-13-5-7-16(25-2)15(12-13)21-19(24)20-9-10-26-18-8-6-14(22-23-18)17-4-3-11-27-17/h3-8,11-12H,9-10H2,1-2H3,(H2,20,21,24). The van der Waals surface area contributed by atoms with Crippen molar-refractivity contribution < 1.29 is 14.3 Å². The van der Waals surface area contributed by atoms with Gasteiger partial charge in [0.15, 0.2) is 0 Å². The molecule has 0 fully saturated rings. The molecule has 1 aromatic carbocycles. The highest BCUT2D eigenvalue weighted by Crippen LogP contribution is 2.25. The number of methoxy groups -OCH3 is 1. The Balaban J connectivity index is 1.43. The second-order valence-electron chi connectivity index (χ2n) is 5.67. The first kappa shape index (κ1) is 18.7. The molecular formula is C19H20N4O3S. The fraction of sp³-hybridized carbons (Fsp3) is 0.211. The summed E-state index contributed by atoms with van der Waals surface area (Å²) in [5.41, 5.74) is 2.45. The number of thiophene rings is 1. The van der Waals surface area contributed by atoms with Crippen LogP contribution in [0.25, 0.3) is 10.6 Å². The molecule has 0 bridgehead atoms. The third-order valence-corrected chi connectivity index (χ3v) is 4.55. The van der Waals surface area contributed by atoms with Crippen molar-refractivity contribution in [1.82, 2.24) is 15.5 Å². The quantitative estimate of drug-likeness (QED) is 0.607. The first-order valence-electron chi connectivity index (χ1n) is 8.35. The van der Waals surface area contributed by atoms with Crippen molar-refractivity contribution in [2.45, 2.75) is 6.92 Å². The fourth-order valence-corrected chi connectivity index (χ4v) is 3.05. The van der Waals surface area contributed by atoms with Gasteiger partial charge in [0.1, 0.15) is 18.1 Å². The zero-order valence-corrected chi connectivity index (χ0v) is 15.9. The summed E-state index contributed by atoms with van der Waals surface area (Å²) in [6, 6.07) is 12.8. The maximum atomic E-state index is 12.0.